The normalized spacial score (nSPS) is 19.0. The SMILES string of the molecule is CCC1c2ccsc2CCN1C(=O)CCS(=O)(=O)c1ccc2c(c1)CCC2. The minimum absolute atomic E-state index is 0.0510. The quantitative estimate of drug-likeness (QED) is 0.760. The second-order valence-electron chi connectivity index (χ2n) is 7.41. The molecule has 2 aromatic rings. The number of hydrogen-bond donors (Lipinski definition) is 0. The van der Waals surface area contributed by atoms with Gasteiger partial charge in [-0.25, -0.2) is 8.42 Å². The van der Waals surface area contributed by atoms with Crippen molar-refractivity contribution in [3.63, 3.8) is 0 Å². The van der Waals surface area contributed by atoms with Crippen molar-refractivity contribution in [2.75, 3.05) is 12.3 Å². The zero-order chi connectivity index (χ0) is 19.0. The summed E-state index contributed by atoms with van der Waals surface area (Å²) in [4.78, 5) is 16.4. The molecule has 1 aliphatic heterocycles. The van der Waals surface area contributed by atoms with Crippen LogP contribution in [0, 0.1) is 0 Å². The van der Waals surface area contributed by atoms with Crippen molar-refractivity contribution in [3.8, 4) is 0 Å². The second kappa shape index (κ2) is 7.40. The molecular weight excluding hydrogens is 378 g/mol. The largest absolute Gasteiger partial charge is 0.335 e. The summed E-state index contributed by atoms with van der Waals surface area (Å²) in [5.41, 5.74) is 3.65. The number of amides is 1. The Morgan fingerprint density at radius 3 is 2.81 bits per heavy atom. The Labute approximate surface area is 165 Å². The summed E-state index contributed by atoms with van der Waals surface area (Å²) in [5, 5.41) is 2.08. The molecule has 1 atom stereocenters. The lowest BCUT2D eigenvalue weighted by Gasteiger charge is -2.35. The highest BCUT2D eigenvalue weighted by atomic mass is 32.2. The third kappa shape index (κ3) is 3.57. The molecular formula is C21H25NO3S2. The molecule has 4 rings (SSSR count). The van der Waals surface area contributed by atoms with E-state index in [2.05, 4.69) is 18.4 Å². The molecule has 0 N–H and O–H groups in total. The van der Waals surface area contributed by atoms with Gasteiger partial charge in [0.1, 0.15) is 0 Å². The molecule has 0 fully saturated rings. The lowest BCUT2D eigenvalue weighted by Crippen LogP contribution is -2.39. The van der Waals surface area contributed by atoms with E-state index in [1.165, 1.54) is 16.0 Å². The molecule has 0 spiro atoms. The molecule has 0 radical (unpaired) electrons. The highest BCUT2D eigenvalue weighted by molar-refractivity contribution is 7.91. The van der Waals surface area contributed by atoms with E-state index in [0.29, 0.717) is 11.4 Å². The minimum atomic E-state index is -3.43. The highest BCUT2D eigenvalue weighted by Gasteiger charge is 2.31. The number of rotatable bonds is 5. The highest BCUT2D eigenvalue weighted by Crippen LogP contribution is 2.35. The molecule has 0 saturated heterocycles. The zero-order valence-electron chi connectivity index (χ0n) is 15.6. The first-order valence-electron chi connectivity index (χ1n) is 9.70. The van der Waals surface area contributed by atoms with Crippen LogP contribution in [0.1, 0.15) is 53.8 Å². The van der Waals surface area contributed by atoms with Gasteiger partial charge >= 0.3 is 0 Å². The Morgan fingerprint density at radius 2 is 2.00 bits per heavy atom. The number of fused-ring (bicyclic) bond motifs is 2. The lowest BCUT2D eigenvalue weighted by atomic mass is 9.97. The van der Waals surface area contributed by atoms with Gasteiger partial charge in [-0.15, -0.1) is 11.3 Å². The van der Waals surface area contributed by atoms with Gasteiger partial charge in [-0.1, -0.05) is 13.0 Å². The van der Waals surface area contributed by atoms with Gasteiger partial charge in [0.15, 0.2) is 9.84 Å². The van der Waals surface area contributed by atoms with E-state index < -0.39 is 9.84 Å². The number of carbonyl (C=O) groups excluding carboxylic acids is 1. The first-order valence-corrected chi connectivity index (χ1v) is 12.2. The second-order valence-corrected chi connectivity index (χ2v) is 10.5. The Kier molecular flexibility index (Phi) is 5.12. The minimum Gasteiger partial charge on any atom is -0.335 e. The van der Waals surface area contributed by atoms with E-state index in [1.807, 2.05) is 17.0 Å². The molecule has 1 aromatic carbocycles. The summed E-state index contributed by atoms with van der Waals surface area (Å²) < 4.78 is 25.5. The van der Waals surface area contributed by atoms with Gasteiger partial charge in [-0.2, -0.15) is 0 Å². The average molecular weight is 404 g/mol. The summed E-state index contributed by atoms with van der Waals surface area (Å²) in [7, 11) is -3.43. The van der Waals surface area contributed by atoms with E-state index in [4.69, 9.17) is 0 Å². The fourth-order valence-electron chi connectivity index (χ4n) is 4.36. The number of sulfone groups is 1. The smallest absolute Gasteiger partial charge is 0.224 e. The number of benzene rings is 1. The maximum atomic E-state index is 12.8. The van der Waals surface area contributed by atoms with Gasteiger partial charge in [-0.05, 0) is 72.4 Å². The molecule has 27 heavy (non-hydrogen) atoms. The Hall–Kier alpha value is -1.66. The molecule has 1 amide bonds. The summed E-state index contributed by atoms with van der Waals surface area (Å²) in [6.07, 6.45) is 4.85. The fourth-order valence-corrected chi connectivity index (χ4v) is 6.56. The first-order chi connectivity index (χ1) is 13.0. The number of thiophene rings is 1. The molecule has 144 valence electrons. The standard InChI is InChI=1S/C21H25NO3S2/c1-2-19-18-9-12-26-20(18)8-11-22(19)21(23)10-13-27(24,25)17-7-6-15-4-3-5-16(15)14-17/h6-7,9,12,14,19H,2-5,8,10-11,13H2,1H3. The van der Waals surface area contributed by atoms with E-state index >= 15 is 0 Å². The van der Waals surface area contributed by atoms with Crippen LogP contribution in [0.5, 0.6) is 0 Å². The van der Waals surface area contributed by atoms with E-state index in [9.17, 15) is 13.2 Å². The van der Waals surface area contributed by atoms with Crippen LogP contribution in [0.2, 0.25) is 0 Å². The monoisotopic (exact) mass is 403 g/mol. The van der Waals surface area contributed by atoms with Crippen molar-refractivity contribution < 1.29 is 13.2 Å². The third-order valence-electron chi connectivity index (χ3n) is 5.82. The molecule has 1 unspecified atom stereocenters. The van der Waals surface area contributed by atoms with Crippen LogP contribution in [-0.2, 0) is 33.9 Å². The van der Waals surface area contributed by atoms with Gasteiger partial charge in [0.25, 0.3) is 0 Å². The zero-order valence-corrected chi connectivity index (χ0v) is 17.2. The van der Waals surface area contributed by atoms with Crippen LogP contribution in [0.15, 0.2) is 34.5 Å². The molecule has 4 nitrogen and oxygen atoms in total. The van der Waals surface area contributed by atoms with E-state index in [1.54, 1.807) is 17.4 Å². The van der Waals surface area contributed by atoms with Gasteiger partial charge < -0.3 is 4.90 Å². The van der Waals surface area contributed by atoms with Crippen molar-refractivity contribution in [2.24, 2.45) is 0 Å². The van der Waals surface area contributed by atoms with Crippen molar-refractivity contribution in [2.45, 2.75) is 56.4 Å². The topological polar surface area (TPSA) is 54.5 Å². The Morgan fingerprint density at radius 1 is 1.19 bits per heavy atom. The number of aryl methyl sites for hydroxylation is 2. The van der Waals surface area contributed by atoms with Crippen LogP contribution >= 0.6 is 11.3 Å². The van der Waals surface area contributed by atoms with E-state index in [0.717, 1.165) is 37.7 Å². The Balaban J connectivity index is 1.46. The predicted molar refractivity (Wildman–Crippen MR) is 108 cm³/mol. The number of nitrogens with zero attached hydrogens (tertiary/aromatic N) is 1. The van der Waals surface area contributed by atoms with Crippen molar-refractivity contribution >= 4 is 27.1 Å². The molecule has 0 bridgehead atoms. The predicted octanol–water partition coefficient (Wildman–Crippen LogP) is 3.94. The van der Waals surface area contributed by atoms with Gasteiger partial charge in [0.2, 0.25) is 5.91 Å². The number of carbonyl (C=O) groups is 1. The third-order valence-corrected chi connectivity index (χ3v) is 8.53. The van der Waals surface area contributed by atoms with Crippen LogP contribution < -0.4 is 0 Å². The van der Waals surface area contributed by atoms with Gasteiger partial charge in [0, 0.05) is 17.8 Å². The maximum Gasteiger partial charge on any atom is 0.224 e. The van der Waals surface area contributed by atoms with E-state index in [-0.39, 0.29) is 24.1 Å². The molecule has 2 aliphatic rings. The summed E-state index contributed by atoms with van der Waals surface area (Å²) in [5.74, 6) is -0.169. The summed E-state index contributed by atoms with van der Waals surface area (Å²) >= 11 is 1.75. The average Bonchev–Trinajstić information content (AvgIpc) is 3.33. The molecule has 6 heteroatoms. The maximum absolute atomic E-state index is 12.8. The van der Waals surface area contributed by atoms with Gasteiger partial charge in [0.05, 0.1) is 16.7 Å². The first kappa shape index (κ1) is 18.7. The Bertz CT molecular complexity index is 962. The molecule has 2 heterocycles. The van der Waals surface area contributed by atoms with Gasteiger partial charge in [-0.3, -0.25) is 4.79 Å². The van der Waals surface area contributed by atoms with Crippen LogP contribution in [-0.4, -0.2) is 31.5 Å². The van der Waals surface area contributed by atoms with Crippen LogP contribution in [0.4, 0.5) is 0 Å². The number of hydrogen-bond acceptors (Lipinski definition) is 4. The lowest BCUT2D eigenvalue weighted by molar-refractivity contribution is -0.133. The van der Waals surface area contributed by atoms with Crippen molar-refractivity contribution in [3.05, 3.63) is 51.2 Å². The summed E-state index contributed by atoms with van der Waals surface area (Å²) in [6.45, 7) is 2.77. The van der Waals surface area contributed by atoms with Crippen molar-refractivity contribution in [1.82, 2.24) is 4.90 Å². The molecule has 0 saturated carbocycles. The van der Waals surface area contributed by atoms with Crippen LogP contribution in [0.25, 0.3) is 0 Å². The summed E-state index contributed by atoms with van der Waals surface area (Å²) in [6, 6.07) is 7.64. The fraction of sp³-hybridized carbons (Fsp3) is 0.476. The molecule has 1 aromatic heterocycles. The molecule has 1 aliphatic carbocycles. The van der Waals surface area contributed by atoms with Crippen LogP contribution in [0.3, 0.4) is 0 Å². The van der Waals surface area contributed by atoms with Crippen molar-refractivity contribution in [1.29, 1.82) is 0 Å².